The van der Waals surface area contributed by atoms with Gasteiger partial charge in [-0.3, -0.25) is 4.79 Å². The highest BCUT2D eigenvalue weighted by molar-refractivity contribution is 5.84. The summed E-state index contributed by atoms with van der Waals surface area (Å²) in [4.78, 5) is 25.9. The van der Waals surface area contributed by atoms with E-state index in [1.54, 1.807) is 4.90 Å². The van der Waals surface area contributed by atoms with Gasteiger partial charge in [-0.2, -0.15) is 0 Å². The Kier molecular flexibility index (Phi) is 6.02. The number of carbonyl (C=O) groups is 2. The molecule has 126 valence electrons. The highest BCUT2D eigenvalue weighted by atomic mass is 16.5. The Morgan fingerprint density at radius 2 is 2.04 bits per heavy atom. The van der Waals surface area contributed by atoms with E-state index in [-0.39, 0.29) is 18.3 Å². The van der Waals surface area contributed by atoms with Crippen molar-refractivity contribution in [2.75, 3.05) is 20.3 Å². The van der Waals surface area contributed by atoms with Crippen molar-refractivity contribution >= 4 is 11.9 Å². The number of ether oxygens (including phenoxy) is 2. The number of hydrogen-bond donors (Lipinski definition) is 0. The molecule has 0 spiro atoms. The number of carbonyl (C=O) groups excluding carboxylic acids is 2. The third-order valence-corrected chi connectivity index (χ3v) is 4.21. The summed E-state index contributed by atoms with van der Waals surface area (Å²) in [5, 5.41) is 0. The molecule has 1 amide bonds. The summed E-state index contributed by atoms with van der Waals surface area (Å²) >= 11 is 0. The molecule has 0 radical (unpaired) electrons. The molecule has 1 heterocycles. The first-order valence-electron chi connectivity index (χ1n) is 8.10. The second-order valence-electron chi connectivity index (χ2n) is 5.99. The number of aryl methyl sites for hydroxylation is 2. The molecular weight excluding hydrogens is 294 g/mol. The lowest BCUT2D eigenvalue weighted by molar-refractivity contribution is -0.154. The number of methoxy groups -OCH3 is 1. The fraction of sp³-hybridized carbons (Fsp3) is 0.556. The Hall–Kier alpha value is -2.04. The molecule has 1 unspecified atom stereocenters. The lowest BCUT2D eigenvalue weighted by atomic mass is 10.0. The Morgan fingerprint density at radius 1 is 1.26 bits per heavy atom. The fourth-order valence-electron chi connectivity index (χ4n) is 2.87. The number of likely N-dealkylation sites (tertiary alicyclic amines) is 1. The van der Waals surface area contributed by atoms with Crippen LogP contribution in [-0.4, -0.2) is 43.1 Å². The topological polar surface area (TPSA) is 55.8 Å². The van der Waals surface area contributed by atoms with Gasteiger partial charge in [0.2, 0.25) is 5.91 Å². The minimum Gasteiger partial charge on any atom is -0.493 e. The Labute approximate surface area is 137 Å². The first kappa shape index (κ1) is 17.3. The molecule has 2 rings (SSSR count). The second-order valence-corrected chi connectivity index (χ2v) is 5.99. The van der Waals surface area contributed by atoms with Crippen LogP contribution in [0.4, 0.5) is 0 Å². The predicted molar refractivity (Wildman–Crippen MR) is 87.4 cm³/mol. The number of benzene rings is 1. The number of nitrogens with zero attached hydrogens (tertiary/aromatic N) is 1. The van der Waals surface area contributed by atoms with Crippen LogP contribution in [0.1, 0.15) is 36.8 Å². The second kappa shape index (κ2) is 7.99. The average molecular weight is 319 g/mol. The van der Waals surface area contributed by atoms with Crippen molar-refractivity contribution in [1.82, 2.24) is 4.90 Å². The van der Waals surface area contributed by atoms with E-state index < -0.39 is 6.04 Å². The maximum atomic E-state index is 12.4. The van der Waals surface area contributed by atoms with Gasteiger partial charge in [-0.05, 0) is 50.3 Å². The first-order chi connectivity index (χ1) is 11.0. The maximum absolute atomic E-state index is 12.4. The van der Waals surface area contributed by atoms with E-state index in [4.69, 9.17) is 9.47 Å². The third kappa shape index (κ3) is 4.47. The Balaban J connectivity index is 1.90. The minimum absolute atomic E-state index is 0.0505. The summed E-state index contributed by atoms with van der Waals surface area (Å²) in [5.41, 5.74) is 2.17. The van der Waals surface area contributed by atoms with E-state index in [0.717, 1.165) is 29.7 Å². The molecule has 1 aliphatic rings. The van der Waals surface area contributed by atoms with Gasteiger partial charge in [0.25, 0.3) is 0 Å². The smallest absolute Gasteiger partial charge is 0.328 e. The molecule has 1 saturated heterocycles. The van der Waals surface area contributed by atoms with E-state index in [1.807, 2.05) is 32.0 Å². The molecule has 23 heavy (non-hydrogen) atoms. The highest BCUT2D eigenvalue weighted by Crippen LogP contribution is 2.21. The van der Waals surface area contributed by atoms with Crippen molar-refractivity contribution < 1.29 is 19.1 Å². The zero-order valence-electron chi connectivity index (χ0n) is 14.1. The van der Waals surface area contributed by atoms with Crippen LogP contribution in [0, 0.1) is 13.8 Å². The molecule has 5 heteroatoms. The molecule has 0 saturated carbocycles. The number of amides is 1. The lowest BCUT2D eigenvalue weighted by Gasteiger charge is -2.33. The molecule has 0 aromatic heterocycles. The van der Waals surface area contributed by atoms with Crippen molar-refractivity contribution in [2.24, 2.45) is 0 Å². The largest absolute Gasteiger partial charge is 0.493 e. The number of esters is 1. The summed E-state index contributed by atoms with van der Waals surface area (Å²) in [7, 11) is 1.36. The standard InChI is InChI=1S/C18H25NO4/c1-13-7-8-14(2)16(12-13)23-11-9-17(20)19-10-5-4-6-15(19)18(21)22-3/h7-8,12,15H,4-6,9-11H2,1-3H3. The van der Waals surface area contributed by atoms with E-state index in [1.165, 1.54) is 7.11 Å². The van der Waals surface area contributed by atoms with Crippen molar-refractivity contribution in [3.8, 4) is 5.75 Å². The van der Waals surface area contributed by atoms with Gasteiger partial charge in [0.1, 0.15) is 11.8 Å². The predicted octanol–water partition coefficient (Wildman–Crippen LogP) is 2.63. The van der Waals surface area contributed by atoms with Crippen LogP contribution in [0.2, 0.25) is 0 Å². The molecule has 0 bridgehead atoms. The van der Waals surface area contributed by atoms with Gasteiger partial charge < -0.3 is 14.4 Å². The van der Waals surface area contributed by atoms with Crippen LogP contribution in [-0.2, 0) is 14.3 Å². The molecule has 0 aliphatic carbocycles. The zero-order valence-corrected chi connectivity index (χ0v) is 14.1. The highest BCUT2D eigenvalue weighted by Gasteiger charge is 2.32. The van der Waals surface area contributed by atoms with Crippen LogP contribution < -0.4 is 4.74 Å². The molecule has 1 aliphatic heterocycles. The van der Waals surface area contributed by atoms with Crippen LogP contribution in [0.5, 0.6) is 5.75 Å². The van der Waals surface area contributed by atoms with Gasteiger partial charge in [0.15, 0.2) is 0 Å². The lowest BCUT2D eigenvalue weighted by Crippen LogP contribution is -2.48. The minimum atomic E-state index is -0.443. The zero-order chi connectivity index (χ0) is 16.8. The van der Waals surface area contributed by atoms with Gasteiger partial charge in [0.05, 0.1) is 20.1 Å². The first-order valence-corrected chi connectivity index (χ1v) is 8.10. The molecule has 0 N–H and O–H groups in total. The van der Waals surface area contributed by atoms with Gasteiger partial charge in [-0.1, -0.05) is 12.1 Å². The van der Waals surface area contributed by atoms with Crippen LogP contribution in [0.25, 0.3) is 0 Å². The van der Waals surface area contributed by atoms with Gasteiger partial charge >= 0.3 is 5.97 Å². The Bertz CT molecular complexity index is 570. The van der Waals surface area contributed by atoms with Crippen LogP contribution >= 0.6 is 0 Å². The van der Waals surface area contributed by atoms with Crippen LogP contribution in [0.3, 0.4) is 0 Å². The average Bonchev–Trinajstić information content (AvgIpc) is 2.57. The number of hydrogen-bond acceptors (Lipinski definition) is 4. The number of rotatable bonds is 5. The van der Waals surface area contributed by atoms with Gasteiger partial charge in [-0.25, -0.2) is 4.79 Å². The molecule has 1 fully saturated rings. The Morgan fingerprint density at radius 3 is 2.78 bits per heavy atom. The normalized spacial score (nSPS) is 17.7. The van der Waals surface area contributed by atoms with Crippen molar-refractivity contribution in [1.29, 1.82) is 0 Å². The summed E-state index contributed by atoms with van der Waals surface area (Å²) in [6.45, 7) is 4.91. The molecular formula is C18H25NO4. The molecule has 1 atom stereocenters. The van der Waals surface area contributed by atoms with E-state index in [2.05, 4.69) is 0 Å². The maximum Gasteiger partial charge on any atom is 0.328 e. The van der Waals surface area contributed by atoms with Gasteiger partial charge in [-0.15, -0.1) is 0 Å². The van der Waals surface area contributed by atoms with Gasteiger partial charge in [0, 0.05) is 6.54 Å². The van der Waals surface area contributed by atoms with E-state index in [9.17, 15) is 9.59 Å². The summed E-state index contributed by atoms with van der Waals surface area (Å²) in [5.74, 6) is 0.430. The number of piperidine rings is 1. The summed E-state index contributed by atoms with van der Waals surface area (Å²) in [6.07, 6.45) is 2.82. The summed E-state index contributed by atoms with van der Waals surface area (Å²) < 4.78 is 10.5. The third-order valence-electron chi connectivity index (χ3n) is 4.21. The SMILES string of the molecule is COC(=O)C1CCCCN1C(=O)CCOc1cc(C)ccc1C. The molecule has 1 aromatic carbocycles. The van der Waals surface area contributed by atoms with Crippen molar-refractivity contribution in [3.63, 3.8) is 0 Å². The monoisotopic (exact) mass is 319 g/mol. The fourth-order valence-corrected chi connectivity index (χ4v) is 2.87. The van der Waals surface area contributed by atoms with E-state index in [0.29, 0.717) is 19.6 Å². The van der Waals surface area contributed by atoms with Crippen molar-refractivity contribution in [2.45, 2.75) is 45.6 Å². The quantitative estimate of drug-likeness (QED) is 0.783. The molecule has 5 nitrogen and oxygen atoms in total. The molecule has 1 aromatic rings. The van der Waals surface area contributed by atoms with Crippen molar-refractivity contribution in [3.05, 3.63) is 29.3 Å². The van der Waals surface area contributed by atoms with E-state index >= 15 is 0 Å². The van der Waals surface area contributed by atoms with Crippen LogP contribution in [0.15, 0.2) is 18.2 Å². The summed E-state index contributed by atoms with van der Waals surface area (Å²) in [6, 6.07) is 5.56.